The zero-order valence-electron chi connectivity index (χ0n) is 16.7. The summed E-state index contributed by atoms with van der Waals surface area (Å²) in [5, 5.41) is 10.6. The van der Waals surface area contributed by atoms with E-state index in [2.05, 4.69) is 23.8 Å². The number of aliphatic hydroxyl groups is 1. The molecule has 0 saturated carbocycles. The van der Waals surface area contributed by atoms with E-state index in [1.165, 1.54) is 12.6 Å². The monoisotopic (exact) mass is 424 g/mol. The van der Waals surface area contributed by atoms with Crippen LogP contribution in [0.4, 0.5) is 0 Å². The van der Waals surface area contributed by atoms with Gasteiger partial charge in [0.15, 0.2) is 5.78 Å². The van der Waals surface area contributed by atoms with Crippen molar-refractivity contribution < 1.29 is 9.90 Å². The topological polar surface area (TPSA) is 63.1 Å². The van der Waals surface area contributed by atoms with Gasteiger partial charge in [0.25, 0.3) is 0 Å². The molecule has 0 aliphatic heterocycles. The smallest absolute Gasteiger partial charge is 0.164 e. The van der Waals surface area contributed by atoms with E-state index < -0.39 is 6.10 Å². The first-order chi connectivity index (χ1) is 13.5. The fourth-order valence-corrected chi connectivity index (χ4v) is 2.78. The molecule has 0 fully saturated rings. The Hall–Kier alpha value is -1.49. The number of rotatable bonds is 10. The number of nitrogens with zero attached hydrogens (tertiary/aromatic N) is 2. The largest absolute Gasteiger partial charge is 0.388 e. The Bertz CT molecular complexity index is 676. The van der Waals surface area contributed by atoms with E-state index in [-0.39, 0.29) is 5.78 Å². The third kappa shape index (κ3) is 10.2. The van der Waals surface area contributed by atoms with Crippen LogP contribution in [0.1, 0.15) is 87.2 Å². The first kappa shape index (κ1) is 24.5. The lowest BCUT2D eigenvalue weighted by atomic mass is 10.1. The average Bonchev–Trinajstić information content (AvgIpc) is 2.70. The van der Waals surface area contributed by atoms with Gasteiger partial charge in [-0.1, -0.05) is 75.2 Å². The van der Waals surface area contributed by atoms with Gasteiger partial charge in [0, 0.05) is 24.4 Å². The molecule has 1 atom stereocenters. The Morgan fingerprint density at radius 3 is 2.07 bits per heavy atom. The molecule has 0 aliphatic carbocycles. The average molecular weight is 425 g/mol. The van der Waals surface area contributed by atoms with E-state index in [0.717, 1.165) is 44.1 Å². The van der Waals surface area contributed by atoms with Gasteiger partial charge in [-0.3, -0.25) is 4.79 Å². The standard InChI is InChI=1S/C11H16ClNO.C11H14ClNO/c2*1-2-3-4-5-10(14)9-6-7-11(12)13-8-9/h6-8,10,14H,2-5H2,1H3;6-8H,2-5H2,1H3. The van der Waals surface area contributed by atoms with E-state index in [4.69, 9.17) is 23.2 Å². The molecule has 154 valence electrons. The third-order valence-electron chi connectivity index (χ3n) is 4.27. The number of halogens is 2. The second-order valence-corrected chi connectivity index (χ2v) is 7.45. The van der Waals surface area contributed by atoms with Gasteiger partial charge < -0.3 is 5.11 Å². The number of Topliss-reactive ketones (excluding diaryl/α,β-unsaturated/α-hetero) is 1. The van der Waals surface area contributed by atoms with Gasteiger partial charge in [-0.15, -0.1) is 0 Å². The molecule has 2 heterocycles. The van der Waals surface area contributed by atoms with Crippen molar-refractivity contribution in [3.8, 4) is 0 Å². The summed E-state index contributed by atoms with van der Waals surface area (Å²) >= 11 is 11.3. The van der Waals surface area contributed by atoms with Crippen LogP contribution in [0.25, 0.3) is 0 Å². The van der Waals surface area contributed by atoms with Crippen LogP contribution in [0, 0.1) is 0 Å². The highest BCUT2D eigenvalue weighted by atomic mass is 35.5. The maximum absolute atomic E-state index is 11.5. The van der Waals surface area contributed by atoms with Gasteiger partial charge in [-0.25, -0.2) is 9.97 Å². The van der Waals surface area contributed by atoms with Crippen molar-refractivity contribution >= 4 is 29.0 Å². The van der Waals surface area contributed by atoms with Crippen molar-refractivity contribution in [2.24, 2.45) is 0 Å². The lowest BCUT2D eigenvalue weighted by Gasteiger charge is -2.09. The summed E-state index contributed by atoms with van der Waals surface area (Å²) in [5.74, 6) is 0.155. The van der Waals surface area contributed by atoms with Crippen LogP contribution in [0.2, 0.25) is 10.3 Å². The number of ketones is 1. The second-order valence-electron chi connectivity index (χ2n) is 6.68. The van der Waals surface area contributed by atoms with Crippen LogP contribution in [0.5, 0.6) is 0 Å². The van der Waals surface area contributed by atoms with Gasteiger partial charge in [-0.05, 0) is 36.6 Å². The molecule has 0 saturated heterocycles. The second kappa shape index (κ2) is 14.5. The van der Waals surface area contributed by atoms with Crippen molar-refractivity contribution in [3.63, 3.8) is 0 Å². The molecule has 0 amide bonds. The minimum absolute atomic E-state index is 0.155. The number of hydrogen-bond donors (Lipinski definition) is 1. The Labute approximate surface area is 178 Å². The summed E-state index contributed by atoms with van der Waals surface area (Å²) in [7, 11) is 0. The van der Waals surface area contributed by atoms with Crippen LogP contribution < -0.4 is 0 Å². The van der Waals surface area contributed by atoms with Gasteiger partial charge in [0.1, 0.15) is 10.3 Å². The Kier molecular flexibility index (Phi) is 12.7. The molecule has 0 spiro atoms. The maximum Gasteiger partial charge on any atom is 0.164 e. The highest BCUT2D eigenvalue weighted by molar-refractivity contribution is 6.29. The molecule has 0 radical (unpaired) electrons. The number of carbonyl (C=O) groups excluding carboxylic acids is 1. The quantitative estimate of drug-likeness (QED) is 0.257. The van der Waals surface area contributed by atoms with E-state index in [1.807, 2.05) is 6.07 Å². The van der Waals surface area contributed by atoms with Gasteiger partial charge in [0.05, 0.1) is 6.10 Å². The predicted octanol–water partition coefficient (Wildman–Crippen LogP) is 6.85. The fourth-order valence-electron chi connectivity index (χ4n) is 2.56. The predicted molar refractivity (Wildman–Crippen MR) is 116 cm³/mol. The normalized spacial score (nSPS) is 11.5. The summed E-state index contributed by atoms with van der Waals surface area (Å²) < 4.78 is 0. The number of aliphatic hydroxyl groups excluding tert-OH is 1. The zero-order valence-corrected chi connectivity index (χ0v) is 18.2. The maximum atomic E-state index is 11.5. The molecule has 2 aromatic rings. The van der Waals surface area contributed by atoms with Gasteiger partial charge >= 0.3 is 0 Å². The third-order valence-corrected chi connectivity index (χ3v) is 4.72. The summed E-state index contributed by atoms with van der Waals surface area (Å²) in [6.07, 6.45) is 10.8. The number of hydrogen-bond acceptors (Lipinski definition) is 4. The minimum atomic E-state index is -0.397. The summed E-state index contributed by atoms with van der Waals surface area (Å²) in [6, 6.07) is 6.91. The van der Waals surface area contributed by atoms with E-state index in [0.29, 0.717) is 22.3 Å². The molecule has 1 N–H and O–H groups in total. The Morgan fingerprint density at radius 1 is 0.929 bits per heavy atom. The highest BCUT2D eigenvalue weighted by Crippen LogP contribution is 2.19. The lowest BCUT2D eigenvalue weighted by molar-refractivity contribution is 0.0979. The first-order valence-electron chi connectivity index (χ1n) is 9.92. The van der Waals surface area contributed by atoms with Crippen LogP contribution in [-0.2, 0) is 0 Å². The molecule has 0 bridgehead atoms. The fraction of sp³-hybridized carbons (Fsp3) is 0.500. The Morgan fingerprint density at radius 2 is 1.54 bits per heavy atom. The lowest BCUT2D eigenvalue weighted by Crippen LogP contribution is -1.99. The van der Waals surface area contributed by atoms with E-state index in [9.17, 15) is 9.90 Å². The van der Waals surface area contributed by atoms with Gasteiger partial charge in [0.2, 0.25) is 0 Å². The molecular formula is C22H30Cl2N2O2. The van der Waals surface area contributed by atoms with Crippen molar-refractivity contribution in [2.45, 2.75) is 71.3 Å². The number of carbonyl (C=O) groups is 1. The molecule has 4 nitrogen and oxygen atoms in total. The molecule has 28 heavy (non-hydrogen) atoms. The molecule has 6 heteroatoms. The molecule has 2 aromatic heterocycles. The summed E-state index contributed by atoms with van der Waals surface area (Å²) in [5.41, 5.74) is 1.51. The number of unbranched alkanes of at least 4 members (excludes halogenated alkanes) is 4. The summed E-state index contributed by atoms with van der Waals surface area (Å²) in [6.45, 7) is 4.27. The molecule has 0 aromatic carbocycles. The zero-order chi connectivity index (χ0) is 20.8. The van der Waals surface area contributed by atoms with E-state index in [1.54, 1.807) is 24.4 Å². The Balaban J connectivity index is 0.000000280. The number of pyridine rings is 2. The first-order valence-corrected chi connectivity index (χ1v) is 10.7. The van der Waals surface area contributed by atoms with Crippen LogP contribution in [0.3, 0.4) is 0 Å². The molecule has 0 aliphatic rings. The number of aromatic nitrogens is 2. The van der Waals surface area contributed by atoms with E-state index >= 15 is 0 Å². The van der Waals surface area contributed by atoms with Crippen LogP contribution in [0.15, 0.2) is 36.7 Å². The minimum Gasteiger partial charge on any atom is -0.388 e. The van der Waals surface area contributed by atoms with Crippen LogP contribution >= 0.6 is 23.2 Å². The molecular weight excluding hydrogens is 395 g/mol. The van der Waals surface area contributed by atoms with Crippen molar-refractivity contribution in [3.05, 3.63) is 58.1 Å². The van der Waals surface area contributed by atoms with Crippen molar-refractivity contribution in [1.29, 1.82) is 0 Å². The highest BCUT2D eigenvalue weighted by Gasteiger charge is 2.07. The van der Waals surface area contributed by atoms with Crippen LogP contribution in [-0.4, -0.2) is 20.9 Å². The van der Waals surface area contributed by atoms with Crippen molar-refractivity contribution in [2.75, 3.05) is 0 Å². The summed E-state index contributed by atoms with van der Waals surface area (Å²) in [4.78, 5) is 19.4. The SMILES string of the molecule is CCCCCC(=O)c1ccc(Cl)nc1.CCCCCC(O)c1ccc(Cl)nc1. The molecule has 1 unspecified atom stereocenters. The molecule has 2 rings (SSSR count). The van der Waals surface area contributed by atoms with Gasteiger partial charge in [-0.2, -0.15) is 0 Å². The van der Waals surface area contributed by atoms with Crippen molar-refractivity contribution in [1.82, 2.24) is 9.97 Å².